The van der Waals surface area contributed by atoms with Crippen molar-refractivity contribution in [1.29, 1.82) is 0 Å². The lowest BCUT2D eigenvalue weighted by Gasteiger charge is -2.25. The number of amides is 1. The van der Waals surface area contributed by atoms with Crippen molar-refractivity contribution in [2.75, 3.05) is 10.7 Å². The van der Waals surface area contributed by atoms with Gasteiger partial charge in [-0.2, -0.15) is 0 Å². The molecule has 1 aliphatic rings. The third-order valence-corrected chi connectivity index (χ3v) is 5.45. The first kappa shape index (κ1) is 16.1. The lowest BCUT2D eigenvalue weighted by molar-refractivity contribution is -0.115. The Morgan fingerprint density at radius 2 is 1.61 bits per heavy atom. The molecule has 0 aliphatic carbocycles. The molecule has 0 saturated carbocycles. The van der Waals surface area contributed by atoms with Crippen molar-refractivity contribution in [3.05, 3.63) is 65.2 Å². The van der Waals surface area contributed by atoms with Gasteiger partial charge in [0, 0.05) is 5.69 Å². The maximum Gasteiger partial charge on any atom is 0.238 e. The molecule has 3 rings (SSSR count). The summed E-state index contributed by atoms with van der Waals surface area (Å²) in [6, 6.07) is 16.9. The summed E-state index contributed by atoms with van der Waals surface area (Å²) in [5, 5.41) is 0.0687. The zero-order chi connectivity index (χ0) is 16.6. The molecule has 3 heteroatoms. The number of rotatable bonds is 2. The molecule has 1 aliphatic heterocycles. The molecule has 1 heterocycles. The van der Waals surface area contributed by atoms with E-state index in [1.54, 1.807) is 11.8 Å². The number of carbonyl (C=O) groups excluding carboxylic acids is 1. The molecule has 1 unspecified atom stereocenters. The highest BCUT2D eigenvalue weighted by molar-refractivity contribution is 8.00. The Bertz CT molecular complexity index is 698. The normalized spacial score (nSPS) is 18.5. The Morgan fingerprint density at radius 1 is 1.00 bits per heavy atom. The molecule has 0 radical (unpaired) electrons. The minimum Gasteiger partial charge on any atom is -0.295 e. The van der Waals surface area contributed by atoms with Gasteiger partial charge in [-0.25, -0.2) is 0 Å². The zero-order valence-electron chi connectivity index (χ0n) is 14.2. The van der Waals surface area contributed by atoms with E-state index in [-0.39, 0.29) is 16.7 Å². The van der Waals surface area contributed by atoms with Crippen molar-refractivity contribution in [3.8, 4) is 0 Å². The highest BCUT2D eigenvalue weighted by Crippen LogP contribution is 2.42. The molecule has 2 aromatic carbocycles. The van der Waals surface area contributed by atoms with Crippen molar-refractivity contribution in [2.24, 2.45) is 0 Å². The van der Waals surface area contributed by atoms with Crippen molar-refractivity contribution in [3.63, 3.8) is 0 Å². The Kier molecular flexibility index (Phi) is 4.24. The van der Waals surface area contributed by atoms with E-state index in [9.17, 15) is 4.79 Å². The first-order valence-corrected chi connectivity index (χ1v) is 9.02. The van der Waals surface area contributed by atoms with Crippen LogP contribution in [0.15, 0.2) is 48.5 Å². The van der Waals surface area contributed by atoms with Crippen LogP contribution in [0.2, 0.25) is 0 Å². The minimum absolute atomic E-state index is 0.0687. The largest absolute Gasteiger partial charge is 0.295 e. The molecule has 23 heavy (non-hydrogen) atoms. The Morgan fingerprint density at radius 3 is 2.17 bits per heavy atom. The van der Waals surface area contributed by atoms with Crippen LogP contribution in [0.4, 0.5) is 5.69 Å². The van der Waals surface area contributed by atoms with Gasteiger partial charge in [-0.3, -0.25) is 9.69 Å². The number of aryl methyl sites for hydroxylation is 1. The van der Waals surface area contributed by atoms with E-state index in [0.717, 1.165) is 5.69 Å². The van der Waals surface area contributed by atoms with Crippen molar-refractivity contribution in [2.45, 2.75) is 38.5 Å². The molecule has 0 aromatic heterocycles. The lowest BCUT2D eigenvalue weighted by Crippen LogP contribution is -2.27. The quantitative estimate of drug-likeness (QED) is 0.768. The molecule has 1 saturated heterocycles. The smallest absolute Gasteiger partial charge is 0.238 e. The number of anilines is 1. The van der Waals surface area contributed by atoms with Crippen LogP contribution < -0.4 is 4.90 Å². The maximum atomic E-state index is 12.4. The van der Waals surface area contributed by atoms with Gasteiger partial charge in [0.25, 0.3) is 0 Å². The van der Waals surface area contributed by atoms with Crippen LogP contribution in [0.3, 0.4) is 0 Å². The lowest BCUT2D eigenvalue weighted by atomic mass is 9.86. The summed E-state index contributed by atoms with van der Waals surface area (Å²) in [7, 11) is 0. The van der Waals surface area contributed by atoms with E-state index in [1.807, 2.05) is 17.0 Å². The second kappa shape index (κ2) is 6.04. The summed E-state index contributed by atoms with van der Waals surface area (Å²) in [4.78, 5) is 14.3. The molecule has 120 valence electrons. The Balaban J connectivity index is 1.91. The predicted molar refractivity (Wildman–Crippen MR) is 99.0 cm³/mol. The summed E-state index contributed by atoms with van der Waals surface area (Å²) in [5.41, 5.74) is 4.84. The molecular weight excluding hydrogens is 302 g/mol. The fourth-order valence-electron chi connectivity index (χ4n) is 2.80. The summed E-state index contributed by atoms with van der Waals surface area (Å²) >= 11 is 1.70. The Hall–Kier alpha value is -1.74. The van der Waals surface area contributed by atoms with E-state index >= 15 is 0 Å². The van der Waals surface area contributed by atoms with Gasteiger partial charge in [0.1, 0.15) is 5.37 Å². The minimum atomic E-state index is 0.0687. The van der Waals surface area contributed by atoms with E-state index < -0.39 is 0 Å². The van der Waals surface area contributed by atoms with Crippen molar-refractivity contribution >= 4 is 23.4 Å². The number of benzene rings is 2. The summed E-state index contributed by atoms with van der Waals surface area (Å²) < 4.78 is 0. The number of thioether (sulfide) groups is 1. The van der Waals surface area contributed by atoms with Gasteiger partial charge in [-0.15, -0.1) is 11.8 Å². The van der Waals surface area contributed by atoms with E-state index in [2.05, 4.69) is 64.1 Å². The van der Waals surface area contributed by atoms with Crippen LogP contribution in [0.25, 0.3) is 0 Å². The van der Waals surface area contributed by atoms with Gasteiger partial charge in [0.2, 0.25) is 5.91 Å². The highest BCUT2D eigenvalue weighted by atomic mass is 32.2. The predicted octanol–water partition coefficient (Wildman–Crippen LogP) is 5.07. The van der Waals surface area contributed by atoms with Crippen LogP contribution in [-0.4, -0.2) is 11.7 Å². The number of nitrogens with zero attached hydrogens (tertiary/aromatic N) is 1. The average Bonchev–Trinajstić information content (AvgIpc) is 2.89. The molecule has 1 atom stereocenters. The summed E-state index contributed by atoms with van der Waals surface area (Å²) in [5.74, 6) is 0.725. The number of carbonyl (C=O) groups is 1. The maximum absolute atomic E-state index is 12.4. The molecule has 2 aromatic rings. The second-order valence-corrected chi connectivity index (χ2v) is 8.20. The van der Waals surface area contributed by atoms with E-state index in [0.29, 0.717) is 5.75 Å². The highest BCUT2D eigenvalue weighted by Gasteiger charge is 2.34. The van der Waals surface area contributed by atoms with Gasteiger partial charge >= 0.3 is 0 Å². The van der Waals surface area contributed by atoms with Crippen LogP contribution in [0, 0.1) is 6.92 Å². The average molecular weight is 325 g/mol. The number of hydrogen-bond donors (Lipinski definition) is 0. The summed E-state index contributed by atoms with van der Waals surface area (Å²) in [6.45, 7) is 8.71. The van der Waals surface area contributed by atoms with Crippen molar-refractivity contribution in [1.82, 2.24) is 0 Å². The van der Waals surface area contributed by atoms with Gasteiger partial charge in [-0.05, 0) is 35.6 Å². The number of hydrogen-bond acceptors (Lipinski definition) is 2. The summed E-state index contributed by atoms with van der Waals surface area (Å²) in [6.07, 6.45) is 0. The van der Waals surface area contributed by atoms with E-state index in [1.165, 1.54) is 16.7 Å². The topological polar surface area (TPSA) is 20.3 Å². The first-order valence-electron chi connectivity index (χ1n) is 7.97. The molecule has 0 bridgehead atoms. The molecule has 2 nitrogen and oxygen atoms in total. The van der Waals surface area contributed by atoms with Crippen LogP contribution in [0.5, 0.6) is 0 Å². The zero-order valence-corrected chi connectivity index (χ0v) is 15.0. The van der Waals surface area contributed by atoms with Gasteiger partial charge in [0.05, 0.1) is 5.75 Å². The van der Waals surface area contributed by atoms with Crippen LogP contribution >= 0.6 is 11.8 Å². The van der Waals surface area contributed by atoms with Crippen molar-refractivity contribution < 1.29 is 4.79 Å². The first-order chi connectivity index (χ1) is 10.9. The van der Waals surface area contributed by atoms with Crippen LogP contribution in [-0.2, 0) is 10.2 Å². The van der Waals surface area contributed by atoms with Crippen LogP contribution in [0.1, 0.15) is 42.8 Å². The van der Waals surface area contributed by atoms with Gasteiger partial charge in [0.15, 0.2) is 0 Å². The third kappa shape index (κ3) is 3.30. The SMILES string of the molecule is Cc1ccc(N2C(=O)CSC2c2ccc(C(C)(C)C)cc2)cc1. The van der Waals surface area contributed by atoms with E-state index in [4.69, 9.17) is 0 Å². The third-order valence-electron chi connectivity index (χ3n) is 4.24. The van der Waals surface area contributed by atoms with Gasteiger partial charge < -0.3 is 0 Å². The fourth-order valence-corrected chi connectivity index (χ4v) is 3.98. The molecule has 1 amide bonds. The molecule has 0 N–H and O–H groups in total. The molecule has 0 spiro atoms. The molecule has 1 fully saturated rings. The fraction of sp³-hybridized carbons (Fsp3) is 0.350. The monoisotopic (exact) mass is 325 g/mol. The Labute approximate surface area is 142 Å². The van der Waals surface area contributed by atoms with Gasteiger partial charge in [-0.1, -0.05) is 62.7 Å². The standard InChI is InChI=1S/C20H23NOS/c1-14-5-11-17(12-6-14)21-18(22)13-23-19(21)15-7-9-16(10-8-15)20(2,3)4/h5-12,19H,13H2,1-4H3. The second-order valence-electron chi connectivity index (χ2n) is 7.13. The molecular formula is C20H23NOS.